The molecule has 1 atom stereocenters. The molecule has 0 aliphatic rings. The number of aryl methyl sites for hydroxylation is 1. The summed E-state index contributed by atoms with van der Waals surface area (Å²) in [5.74, 6) is 0.881. The van der Waals surface area contributed by atoms with Crippen LogP contribution in [0.2, 0.25) is 0 Å². The van der Waals surface area contributed by atoms with Gasteiger partial charge in [0.05, 0.1) is 11.4 Å². The van der Waals surface area contributed by atoms with E-state index in [1.54, 1.807) is 4.68 Å². The third-order valence-corrected chi connectivity index (χ3v) is 5.45. The van der Waals surface area contributed by atoms with Gasteiger partial charge in [0.1, 0.15) is 0 Å². The van der Waals surface area contributed by atoms with Crippen molar-refractivity contribution >= 4 is 17.5 Å². The number of carbonyl (C=O) groups is 1. The number of hydrogen-bond acceptors (Lipinski definition) is 5. The molecule has 26 heavy (non-hydrogen) atoms. The number of hydrogen-bond donors (Lipinski definition) is 0. The molecule has 0 fully saturated rings. The molecule has 134 valence electrons. The van der Waals surface area contributed by atoms with Crippen molar-refractivity contribution in [3.63, 3.8) is 0 Å². The summed E-state index contributed by atoms with van der Waals surface area (Å²) in [6, 6.07) is 15.8. The van der Waals surface area contributed by atoms with Gasteiger partial charge in [0.15, 0.2) is 5.78 Å². The lowest BCUT2D eigenvalue weighted by molar-refractivity contribution is 0.102. The Balaban J connectivity index is 1.69. The Morgan fingerprint density at radius 1 is 1.15 bits per heavy atom. The van der Waals surface area contributed by atoms with Crippen LogP contribution in [0.4, 0.5) is 0 Å². The zero-order valence-electron chi connectivity index (χ0n) is 15.2. The molecule has 0 N–H and O–H groups in total. The number of tetrazole rings is 1. The lowest BCUT2D eigenvalue weighted by atomic mass is 9.97. The van der Waals surface area contributed by atoms with E-state index in [9.17, 15) is 4.79 Å². The van der Waals surface area contributed by atoms with Crippen molar-refractivity contribution < 1.29 is 4.79 Å². The summed E-state index contributed by atoms with van der Waals surface area (Å²) in [6.07, 6.45) is 1.09. The van der Waals surface area contributed by atoms with Crippen molar-refractivity contribution in [1.29, 1.82) is 0 Å². The first-order valence-corrected chi connectivity index (χ1v) is 9.69. The number of para-hydroxylation sites is 1. The quantitative estimate of drug-likeness (QED) is 0.456. The molecule has 5 nitrogen and oxygen atoms in total. The monoisotopic (exact) mass is 366 g/mol. The maximum atomic E-state index is 12.5. The Morgan fingerprint density at radius 3 is 2.58 bits per heavy atom. The van der Waals surface area contributed by atoms with E-state index in [-0.39, 0.29) is 5.78 Å². The van der Waals surface area contributed by atoms with Gasteiger partial charge in [-0.15, -0.1) is 5.10 Å². The average Bonchev–Trinajstić information content (AvgIpc) is 3.14. The first-order valence-electron chi connectivity index (χ1n) is 8.70. The molecule has 6 heteroatoms. The molecule has 1 aromatic heterocycles. The van der Waals surface area contributed by atoms with Gasteiger partial charge in [-0.1, -0.05) is 68.1 Å². The van der Waals surface area contributed by atoms with Crippen LogP contribution >= 0.6 is 11.8 Å². The molecule has 0 aliphatic carbocycles. The smallest absolute Gasteiger partial charge is 0.214 e. The third-order valence-electron chi connectivity index (χ3n) is 4.53. The van der Waals surface area contributed by atoms with Gasteiger partial charge in [-0.3, -0.25) is 4.79 Å². The summed E-state index contributed by atoms with van der Waals surface area (Å²) in [6.45, 7) is 6.37. The van der Waals surface area contributed by atoms with Gasteiger partial charge < -0.3 is 0 Å². The molecule has 0 bridgehead atoms. The van der Waals surface area contributed by atoms with Gasteiger partial charge in [-0.05, 0) is 46.9 Å². The molecule has 2 aromatic carbocycles. The highest BCUT2D eigenvalue weighted by Gasteiger charge is 2.14. The molecule has 0 aliphatic heterocycles. The maximum absolute atomic E-state index is 12.5. The van der Waals surface area contributed by atoms with Crippen LogP contribution in [0.5, 0.6) is 0 Å². The maximum Gasteiger partial charge on any atom is 0.214 e. The molecule has 1 heterocycles. The molecule has 0 radical (unpaired) electrons. The summed E-state index contributed by atoms with van der Waals surface area (Å²) >= 11 is 1.35. The van der Waals surface area contributed by atoms with E-state index in [0.29, 0.717) is 16.8 Å². The summed E-state index contributed by atoms with van der Waals surface area (Å²) in [5, 5.41) is 12.5. The topological polar surface area (TPSA) is 60.7 Å². The van der Waals surface area contributed by atoms with E-state index < -0.39 is 0 Å². The number of thioether (sulfide) groups is 1. The Hall–Kier alpha value is -2.47. The number of aromatic nitrogens is 4. The van der Waals surface area contributed by atoms with Crippen molar-refractivity contribution in [2.24, 2.45) is 0 Å². The lowest BCUT2D eigenvalue weighted by Crippen LogP contribution is -2.06. The highest BCUT2D eigenvalue weighted by molar-refractivity contribution is 7.99. The molecule has 0 saturated heterocycles. The standard InChI is InChI=1S/C20H22N4OS/c1-4-14(2)16-9-11-17(12-10-16)19(25)13-26-20-21-22-23-24(20)18-8-6-5-7-15(18)3/h5-12,14H,4,13H2,1-3H3. The van der Waals surface area contributed by atoms with Crippen LogP contribution in [-0.2, 0) is 0 Å². The lowest BCUT2D eigenvalue weighted by Gasteiger charge is -2.09. The normalized spacial score (nSPS) is 12.1. The summed E-state index contributed by atoms with van der Waals surface area (Å²) in [4.78, 5) is 12.5. The number of rotatable bonds is 7. The molecule has 3 rings (SSSR count). The van der Waals surface area contributed by atoms with E-state index in [4.69, 9.17) is 0 Å². The van der Waals surface area contributed by atoms with Crippen molar-refractivity contribution in [2.75, 3.05) is 5.75 Å². The second-order valence-corrected chi connectivity index (χ2v) is 7.25. The van der Waals surface area contributed by atoms with Crippen molar-refractivity contribution in [1.82, 2.24) is 20.2 Å². The van der Waals surface area contributed by atoms with Gasteiger partial charge >= 0.3 is 0 Å². The van der Waals surface area contributed by atoms with E-state index in [0.717, 1.165) is 23.2 Å². The summed E-state index contributed by atoms with van der Waals surface area (Å²) in [7, 11) is 0. The molecule has 0 amide bonds. The van der Waals surface area contributed by atoms with Crippen LogP contribution in [0.25, 0.3) is 5.69 Å². The van der Waals surface area contributed by atoms with E-state index >= 15 is 0 Å². The van der Waals surface area contributed by atoms with Crippen LogP contribution in [0.1, 0.15) is 47.7 Å². The largest absolute Gasteiger partial charge is 0.293 e. The van der Waals surface area contributed by atoms with Gasteiger partial charge in [0.25, 0.3) is 0 Å². The second kappa shape index (κ2) is 8.27. The van der Waals surface area contributed by atoms with Crippen LogP contribution in [-0.4, -0.2) is 31.7 Å². The minimum Gasteiger partial charge on any atom is -0.293 e. The Labute approximate surface area is 157 Å². The first kappa shape index (κ1) is 18.3. The fraction of sp³-hybridized carbons (Fsp3) is 0.300. The van der Waals surface area contributed by atoms with Crippen LogP contribution in [0, 0.1) is 6.92 Å². The minimum absolute atomic E-state index is 0.0741. The Kier molecular flexibility index (Phi) is 5.83. The highest BCUT2D eigenvalue weighted by Crippen LogP contribution is 2.23. The van der Waals surface area contributed by atoms with Gasteiger partial charge in [-0.2, -0.15) is 4.68 Å². The first-order chi connectivity index (χ1) is 12.6. The zero-order chi connectivity index (χ0) is 18.5. The second-order valence-electron chi connectivity index (χ2n) is 6.30. The molecule has 0 spiro atoms. The van der Waals surface area contributed by atoms with Crippen molar-refractivity contribution in [3.8, 4) is 5.69 Å². The van der Waals surface area contributed by atoms with Gasteiger partial charge in [-0.25, -0.2) is 0 Å². The Bertz CT molecular complexity index is 889. The number of ketones is 1. The molecule has 1 unspecified atom stereocenters. The van der Waals surface area contributed by atoms with Crippen LogP contribution < -0.4 is 0 Å². The molecular formula is C20H22N4OS. The third kappa shape index (κ3) is 4.02. The van der Waals surface area contributed by atoms with Crippen LogP contribution in [0.15, 0.2) is 53.7 Å². The summed E-state index contributed by atoms with van der Waals surface area (Å²) in [5.41, 5.74) is 3.98. The highest BCUT2D eigenvalue weighted by atomic mass is 32.2. The zero-order valence-corrected chi connectivity index (χ0v) is 16.0. The van der Waals surface area contributed by atoms with Gasteiger partial charge in [0, 0.05) is 5.56 Å². The van der Waals surface area contributed by atoms with Crippen molar-refractivity contribution in [2.45, 2.75) is 38.3 Å². The average molecular weight is 366 g/mol. The number of benzene rings is 2. The summed E-state index contributed by atoms with van der Waals surface area (Å²) < 4.78 is 1.68. The predicted octanol–water partition coefficient (Wildman–Crippen LogP) is 4.46. The molecule has 3 aromatic rings. The fourth-order valence-electron chi connectivity index (χ4n) is 2.67. The Morgan fingerprint density at radius 2 is 1.88 bits per heavy atom. The number of nitrogens with zero attached hydrogens (tertiary/aromatic N) is 4. The molecule has 0 saturated carbocycles. The van der Waals surface area contributed by atoms with Gasteiger partial charge in [0.2, 0.25) is 5.16 Å². The van der Waals surface area contributed by atoms with E-state index in [2.05, 4.69) is 29.4 Å². The van der Waals surface area contributed by atoms with E-state index in [1.807, 2.05) is 55.5 Å². The minimum atomic E-state index is 0.0741. The SMILES string of the molecule is CCC(C)c1ccc(C(=O)CSc2nnnn2-c2ccccc2C)cc1. The van der Waals surface area contributed by atoms with Crippen LogP contribution in [0.3, 0.4) is 0 Å². The van der Waals surface area contributed by atoms with E-state index in [1.165, 1.54) is 17.3 Å². The molecular weight excluding hydrogens is 344 g/mol. The number of Topliss-reactive ketones (excluding diaryl/α,β-unsaturated/α-hetero) is 1. The number of carbonyl (C=O) groups excluding carboxylic acids is 1. The fourth-order valence-corrected chi connectivity index (χ4v) is 3.45. The predicted molar refractivity (Wildman–Crippen MR) is 104 cm³/mol. The van der Waals surface area contributed by atoms with Crippen molar-refractivity contribution in [3.05, 3.63) is 65.2 Å².